The number of carbonyl (C=O) groups is 3. The lowest BCUT2D eigenvalue weighted by atomic mass is 9.90. The Morgan fingerprint density at radius 1 is 1.03 bits per heavy atom. The van der Waals surface area contributed by atoms with Crippen LogP contribution in [0.3, 0.4) is 0 Å². The fraction of sp³-hybridized carbons (Fsp3) is 0.600. The van der Waals surface area contributed by atoms with E-state index in [2.05, 4.69) is 11.1 Å². The number of likely N-dealkylation sites (tertiary alicyclic amines) is 1. The number of aromatic nitrogens is 1. The van der Waals surface area contributed by atoms with Gasteiger partial charge in [-0.25, -0.2) is 9.78 Å². The van der Waals surface area contributed by atoms with Gasteiger partial charge in [0.15, 0.2) is 0 Å². The highest BCUT2D eigenvalue weighted by molar-refractivity contribution is 7.18. The average molecular weight is 485 g/mol. The van der Waals surface area contributed by atoms with Crippen molar-refractivity contribution < 1.29 is 19.1 Å². The van der Waals surface area contributed by atoms with Crippen LogP contribution in [0.25, 0.3) is 10.2 Å². The number of fused-ring (bicyclic) bond motifs is 1. The van der Waals surface area contributed by atoms with Crippen molar-refractivity contribution >= 4 is 39.5 Å². The topological polar surface area (TPSA) is 83.0 Å². The number of piperazine rings is 1. The van der Waals surface area contributed by atoms with Crippen LogP contribution in [0.5, 0.6) is 0 Å². The van der Waals surface area contributed by atoms with E-state index in [4.69, 9.17) is 4.74 Å². The van der Waals surface area contributed by atoms with Gasteiger partial charge >= 0.3 is 6.09 Å². The molecule has 8 nitrogen and oxygen atoms in total. The third kappa shape index (κ3) is 4.62. The summed E-state index contributed by atoms with van der Waals surface area (Å²) in [6, 6.07) is 8.07. The van der Waals surface area contributed by atoms with Gasteiger partial charge < -0.3 is 19.4 Å². The maximum atomic E-state index is 13.1. The SMILES string of the molecule is CCOC(=O)N1CCN(C(=O)[C@@H]2CC23CCN(C(=O)CCc2nc4ccccc4s2)CC3)CC1. The van der Waals surface area contributed by atoms with Crippen LogP contribution in [-0.4, -0.2) is 83.5 Å². The molecule has 3 aliphatic rings. The molecule has 0 radical (unpaired) electrons. The first-order valence-electron chi connectivity index (χ1n) is 12.3. The van der Waals surface area contributed by atoms with Crippen molar-refractivity contribution in [1.82, 2.24) is 19.7 Å². The molecular weight excluding hydrogens is 452 g/mol. The summed E-state index contributed by atoms with van der Waals surface area (Å²) in [5.74, 6) is 0.480. The molecule has 2 aromatic rings. The van der Waals surface area contributed by atoms with Crippen LogP contribution >= 0.6 is 11.3 Å². The van der Waals surface area contributed by atoms with Crippen molar-refractivity contribution in [2.45, 2.75) is 39.0 Å². The van der Waals surface area contributed by atoms with E-state index in [0.29, 0.717) is 45.6 Å². The molecule has 0 bridgehead atoms. The van der Waals surface area contributed by atoms with Gasteiger partial charge in [-0.3, -0.25) is 9.59 Å². The minimum atomic E-state index is -0.294. The number of carbonyl (C=O) groups excluding carboxylic acids is 3. The molecule has 3 heterocycles. The second kappa shape index (κ2) is 9.52. The van der Waals surface area contributed by atoms with E-state index in [0.717, 1.165) is 47.6 Å². The standard InChI is InChI=1S/C25H32N4O4S/c1-2-33-24(32)29-15-13-28(14-16-29)23(31)18-17-25(18)9-11-27(12-10-25)22(30)8-7-21-26-19-5-3-4-6-20(19)34-21/h3-6,18H,2,7-17H2,1H3/t18-/m0/s1. The minimum absolute atomic E-state index is 0.0686. The van der Waals surface area contributed by atoms with Crippen molar-refractivity contribution in [1.29, 1.82) is 0 Å². The lowest BCUT2D eigenvalue weighted by Gasteiger charge is -2.36. The second-order valence-corrected chi connectivity index (χ2v) is 10.7. The third-order valence-corrected chi connectivity index (χ3v) is 8.70. The number of rotatable bonds is 5. The van der Waals surface area contributed by atoms with Crippen LogP contribution in [0.1, 0.15) is 37.6 Å². The predicted molar refractivity (Wildman–Crippen MR) is 129 cm³/mol. The van der Waals surface area contributed by atoms with E-state index >= 15 is 0 Å². The second-order valence-electron chi connectivity index (χ2n) is 9.59. The third-order valence-electron chi connectivity index (χ3n) is 7.61. The fourth-order valence-corrected chi connectivity index (χ4v) is 6.36. The Balaban J connectivity index is 1.06. The summed E-state index contributed by atoms with van der Waals surface area (Å²) in [4.78, 5) is 48.0. The predicted octanol–water partition coefficient (Wildman–Crippen LogP) is 3.16. The average Bonchev–Trinajstić information content (AvgIpc) is 3.38. The Labute approximate surface area is 203 Å². The summed E-state index contributed by atoms with van der Waals surface area (Å²) in [6.45, 7) is 5.83. The van der Waals surface area contributed by atoms with Crippen LogP contribution in [-0.2, 0) is 20.7 Å². The van der Waals surface area contributed by atoms with Gasteiger partial charge in [-0.15, -0.1) is 11.3 Å². The first kappa shape index (κ1) is 23.1. The Kier molecular flexibility index (Phi) is 6.46. The summed E-state index contributed by atoms with van der Waals surface area (Å²) in [6.07, 6.45) is 3.60. The number of ether oxygens (including phenoxy) is 1. The number of thiazole rings is 1. The molecule has 0 N–H and O–H groups in total. The Bertz CT molecular complexity index is 1040. The molecule has 5 rings (SSSR count). The Morgan fingerprint density at radius 3 is 2.44 bits per heavy atom. The van der Waals surface area contributed by atoms with Crippen LogP contribution in [0.4, 0.5) is 4.79 Å². The van der Waals surface area contributed by atoms with E-state index in [1.807, 2.05) is 28.0 Å². The summed E-state index contributed by atoms with van der Waals surface area (Å²) in [5.41, 5.74) is 1.07. The maximum absolute atomic E-state index is 13.1. The fourth-order valence-electron chi connectivity index (χ4n) is 5.39. The molecule has 2 aliphatic heterocycles. The van der Waals surface area contributed by atoms with Gasteiger partial charge in [0.25, 0.3) is 0 Å². The van der Waals surface area contributed by atoms with E-state index < -0.39 is 0 Å². The van der Waals surface area contributed by atoms with Crippen molar-refractivity contribution in [2.24, 2.45) is 11.3 Å². The molecule has 1 aliphatic carbocycles. The van der Waals surface area contributed by atoms with Gasteiger partial charge in [-0.1, -0.05) is 12.1 Å². The number of amides is 3. The van der Waals surface area contributed by atoms with Gasteiger partial charge in [0.1, 0.15) is 0 Å². The zero-order valence-corrected chi connectivity index (χ0v) is 20.5. The monoisotopic (exact) mass is 484 g/mol. The molecule has 3 fully saturated rings. The van der Waals surface area contributed by atoms with Gasteiger partial charge in [-0.05, 0) is 43.7 Å². The van der Waals surface area contributed by atoms with E-state index in [9.17, 15) is 14.4 Å². The van der Waals surface area contributed by atoms with Gasteiger partial charge in [0.2, 0.25) is 11.8 Å². The molecule has 1 aromatic carbocycles. The molecular formula is C25H32N4O4S. The number of hydrogen-bond donors (Lipinski definition) is 0. The highest BCUT2D eigenvalue weighted by atomic mass is 32.1. The zero-order chi connectivity index (χ0) is 23.7. The van der Waals surface area contributed by atoms with E-state index in [-0.39, 0.29) is 29.2 Å². The van der Waals surface area contributed by atoms with Gasteiger partial charge in [0, 0.05) is 58.0 Å². The van der Waals surface area contributed by atoms with Crippen molar-refractivity contribution in [3.05, 3.63) is 29.3 Å². The first-order chi connectivity index (χ1) is 16.5. The lowest BCUT2D eigenvalue weighted by molar-refractivity contribution is -0.136. The largest absolute Gasteiger partial charge is 0.450 e. The number of aryl methyl sites for hydroxylation is 1. The quantitative estimate of drug-likeness (QED) is 0.651. The highest BCUT2D eigenvalue weighted by Gasteiger charge is 2.59. The molecule has 1 atom stereocenters. The molecule has 3 amide bonds. The molecule has 182 valence electrons. The number of hydrogen-bond acceptors (Lipinski definition) is 6. The van der Waals surface area contributed by atoms with Crippen LogP contribution in [0, 0.1) is 11.3 Å². The van der Waals surface area contributed by atoms with Gasteiger partial charge in [0.05, 0.1) is 21.8 Å². The molecule has 1 saturated carbocycles. The molecule has 0 unspecified atom stereocenters. The number of benzene rings is 1. The van der Waals surface area contributed by atoms with Crippen molar-refractivity contribution in [3.8, 4) is 0 Å². The molecule has 34 heavy (non-hydrogen) atoms. The van der Waals surface area contributed by atoms with E-state index in [1.165, 1.54) is 0 Å². The molecule has 1 spiro atoms. The zero-order valence-electron chi connectivity index (χ0n) is 19.7. The van der Waals surface area contributed by atoms with Crippen molar-refractivity contribution in [2.75, 3.05) is 45.9 Å². The summed E-state index contributed by atoms with van der Waals surface area (Å²) >= 11 is 1.66. The first-order valence-corrected chi connectivity index (χ1v) is 13.1. The number of para-hydroxylation sites is 1. The number of piperidine rings is 1. The summed E-state index contributed by atoms with van der Waals surface area (Å²) in [7, 11) is 0. The molecule has 2 saturated heterocycles. The van der Waals surface area contributed by atoms with Crippen LogP contribution < -0.4 is 0 Å². The highest BCUT2D eigenvalue weighted by Crippen LogP contribution is 2.60. The smallest absolute Gasteiger partial charge is 0.409 e. The Hall–Kier alpha value is -2.68. The van der Waals surface area contributed by atoms with Crippen LogP contribution in [0.2, 0.25) is 0 Å². The normalized spacial score (nSPS) is 21.7. The van der Waals surface area contributed by atoms with E-state index in [1.54, 1.807) is 23.2 Å². The van der Waals surface area contributed by atoms with Crippen LogP contribution in [0.15, 0.2) is 24.3 Å². The number of nitrogens with zero attached hydrogens (tertiary/aromatic N) is 4. The maximum Gasteiger partial charge on any atom is 0.409 e. The van der Waals surface area contributed by atoms with Crippen molar-refractivity contribution in [3.63, 3.8) is 0 Å². The lowest BCUT2D eigenvalue weighted by Crippen LogP contribution is -2.51. The Morgan fingerprint density at radius 2 is 1.74 bits per heavy atom. The van der Waals surface area contributed by atoms with Gasteiger partial charge in [-0.2, -0.15) is 0 Å². The molecule has 9 heteroatoms. The summed E-state index contributed by atoms with van der Waals surface area (Å²) < 4.78 is 6.22. The molecule has 1 aromatic heterocycles. The minimum Gasteiger partial charge on any atom is -0.450 e. The summed E-state index contributed by atoms with van der Waals surface area (Å²) in [5, 5.41) is 1.01.